The number of aryl methyl sites for hydroxylation is 2. The van der Waals surface area contributed by atoms with E-state index in [-0.39, 0.29) is 0 Å². The number of methoxy groups -OCH3 is 3. The lowest BCUT2D eigenvalue weighted by Gasteiger charge is -2.09. The monoisotopic (exact) mass is 328 g/mol. The molecule has 2 aromatic heterocycles. The van der Waals surface area contributed by atoms with E-state index >= 15 is 0 Å². The molecule has 0 saturated heterocycles. The molecule has 2 heterocycles. The minimum absolute atomic E-state index is 0.356. The van der Waals surface area contributed by atoms with Crippen LogP contribution in [-0.2, 0) is 18.2 Å². The van der Waals surface area contributed by atoms with Crippen molar-refractivity contribution in [1.82, 2.24) is 9.55 Å². The molecule has 0 amide bonds. The molecule has 0 N–H and O–H groups in total. The molecule has 3 rings (SSSR count). The van der Waals surface area contributed by atoms with Crippen molar-refractivity contribution >= 4 is 27.8 Å². The second-order valence-electron chi connectivity index (χ2n) is 5.47. The van der Waals surface area contributed by atoms with Gasteiger partial charge in [-0.05, 0) is 18.1 Å². The number of rotatable bonds is 4. The van der Waals surface area contributed by atoms with Gasteiger partial charge in [0.15, 0.2) is 17.2 Å². The fourth-order valence-corrected chi connectivity index (χ4v) is 3.19. The number of ether oxygens (including phenoxy) is 3. The summed E-state index contributed by atoms with van der Waals surface area (Å²) >= 11 is 0. The van der Waals surface area contributed by atoms with Crippen LogP contribution in [0.4, 0.5) is 0 Å². The van der Waals surface area contributed by atoms with E-state index in [0.29, 0.717) is 23.6 Å². The first-order valence-electron chi connectivity index (χ1n) is 7.67. The predicted octanol–water partition coefficient (Wildman–Crippen LogP) is 3.09. The van der Waals surface area contributed by atoms with Gasteiger partial charge >= 0.3 is 5.97 Å². The zero-order valence-electron chi connectivity index (χ0n) is 14.5. The summed E-state index contributed by atoms with van der Waals surface area (Å²) in [5.74, 6) is 0.886. The number of benzene rings is 1. The highest BCUT2D eigenvalue weighted by molar-refractivity contribution is 6.12. The lowest BCUT2D eigenvalue weighted by molar-refractivity contribution is 0.0593. The number of carbonyl (C=O) groups excluding carboxylic acids is 1. The lowest BCUT2D eigenvalue weighted by atomic mass is 10.0. The van der Waals surface area contributed by atoms with Gasteiger partial charge in [-0.2, -0.15) is 0 Å². The minimum Gasteiger partial charge on any atom is -0.493 e. The van der Waals surface area contributed by atoms with Crippen LogP contribution in [0, 0.1) is 0 Å². The van der Waals surface area contributed by atoms with Crippen molar-refractivity contribution in [3.8, 4) is 11.5 Å². The summed E-state index contributed by atoms with van der Waals surface area (Å²) in [7, 11) is 6.55. The third-order valence-corrected chi connectivity index (χ3v) is 4.39. The van der Waals surface area contributed by atoms with Crippen LogP contribution in [0.5, 0.6) is 11.5 Å². The molecule has 6 heteroatoms. The SMILES string of the molecule is CCc1c(C(=O)OC)ncc2c1c1cc(OC)c(OC)cc1n2C. The van der Waals surface area contributed by atoms with Crippen LogP contribution in [0.3, 0.4) is 0 Å². The van der Waals surface area contributed by atoms with Crippen molar-refractivity contribution in [2.75, 3.05) is 21.3 Å². The standard InChI is InChI=1S/C18H20N2O4/c1-6-10-16-11-7-14(22-3)15(23-4)8-12(11)20(2)13(16)9-19-17(10)18(21)24-5/h7-9H,6H2,1-5H3. The van der Waals surface area contributed by atoms with Crippen LogP contribution in [0.25, 0.3) is 21.8 Å². The first-order valence-corrected chi connectivity index (χ1v) is 7.67. The Morgan fingerprint density at radius 3 is 2.38 bits per heavy atom. The zero-order chi connectivity index (χ0) is 17.4. The molecule has 1 aromatic carbocycles. The molecule has 3 aromatic rings. The van der Waals surface area contributed by atoms with Gasteiger partial charge in [0, 0.05) is 23.9 Å². The van der Waals surface area contributed by atoms with Crippen molar-refractivity contribution < 1.29 is 19.0 Å². The molecule has 0 fully saturated rings. The van der Waals surface area contributed by atoms with E-state index in [2.05, 4.69) is 4.98 Å². The first-order chi connectivity index (χ1) is 11.6. The predicted molar refractivity (Wildman–Crippen MR) is 92.0 cm³/mol. The van der Waals surface area contributed by atoms with Crippen LogP contribution in [0.1, 0.15) is 23.0 Å². The number of hydrogen-bond acceptors (Lipinski definition) is 5. The summed E-state index contributed by atoms with van der Waals surface area (Å²) < 4.78 is 17.8. The first kappa shape index (κ1) is 16.1. The van der Waals surface area contributed by atoms with Gasteiger partial charge < -0.3 is 18.8 Å². The molecule has 0 unspecified atom stereocenters. The summed E-state index contributed by atoms with van der Waals surface area (Å²) in [6, 6.07) is 3.88. The topological polar surface area (TPSA) is 62.6 Å². The van der Waals surface area contributed by atoms with E-state index in [1.54, 1.807) is 20.4 Å². The van der Waals surface area contributed by atoms with Crippen LogP contribution in [0.2, 0.25) is 0 Å². The molecule has 126 valence electrons. The minimum atomic E-state index is -0.425. The number of pyridine rings is 1. The van der Waals surface area contributed by atoms with E-state index in [1.807, 2.05) is 30.7 Å². The molecule has 0 bridgehead atoms. The number of esters is 1. The van der Waals surface area contributed by atoms with Crippen LogP contribution in [0.15, 0.2) is 18.3 Å². The maximum Gasteiger partial charge on any atom is 0.356 e. The van der Waals surface area contributed by atoms with Crippen LogP contribution in [-0.4, -0.2) is 36.8 Å². The largest absolute Gasteiger partial charge is 0.493 e. The van der Waals surface area contributed by atoms with Crippen molar-refractivity contribution in [2.45, 2.75) is 13.3 Å². The Bertz CT molecular complexity index is 943. The summed E-state index contributed by atoms with van der Waals surface area (Å²) in [5, 5.41) is 1.99. The number of fused-ring (bicyclic) bond motifs is 3. The Balaban J connectivity index is 2.48. The Morgan fingerprint density at radius 2 is 1.79 bits per heavy atom. The Morgan fingerprint density at radius 1 is 1.12 bits per heavy atom. The molecule has 0 aliphatic heterocycles. The molecule has 0 radical (unpaired) electrons. The van der Waals surface area contributed by atoms with Crippen LogP contribution < -0.4 is 9.47 Å². The zero-order valence-corrected chi connectivity index (χ0v) is 14.5. The Hall–Kier alpha value is -2.76. The molecule has 0 aliphatic rings. The van der Waals surface area contributed by atoms with Crippen molar-refractivity contribution in [1.29, 1.82) is 0 Å². The third kappa shape index (κ3) is 2.18. The van der Waals surface area contributed by atoms with Gasteiger partial charge in [0.1, 0.15) is 0 Å². The average molecular weight is 328 g/mol. The smallest absolute Gasteiger partial charge is 0.356 e. The lowest BCUT2D eigenvalue weighted by Crippen LogP contribution is -2.08. The van der Waals surface area contributed by atoms with Crippen LogP contribution >= 0.6 is 0 Å². The molecule has 0 spiro atoms. The second-order valence-corrected chi connectivity index (χ2v) is 5.47. The van der Waals surface area contributed by atoms with Gasteiger partial charge in [0.05, 0.1) is 38.6 Å². The molecular formula is C18H20N2O4. The maximum absolute atomic E-state index is 12.1. The Kier molecular flexibility index (Phi) is 4.05. The summed E-state index contributed by atoms with van der Waals surface area (Å²) in [4.78, 5) is 16.4. The maximum atomic E-state index is 12.1. The third-order valence-electron chi connectivity index (χ3n) is 4.39. The molecule has 6 nitrogen and oxygen atoms in total. The van der Waals surface area contributed by atoms with Crippen molar-refractivity contribution in [2.24, 2.45) is 7.05 Å². The van der Waals surface area contributed by atoms with Gasteiger partial charge in [0.2, 0.25) is 0 Å². The summed E-state index contributed by atoms with van der Waals surface area (Å²) in [6.07, 6.45) is 2.38. The average Bonchev–Trinajstić information content (AvgIpc) is 2.90. The van der Waals surface area contributed by atoms with Gasteiger partial charge in [0.25, 0.3) is 0 Å². The van der Waals surface area contributed by atoms with Crippen molar-refractivity contribution in [3.63, 3.8) is 0 Å². The fourth-order valence-electron chi connectivity index (χ4n) is 3.19. The number of hydrogen-bond donors (Lipinski definition) is 0. The number of nitrogens with zero attached hydrogens (tertiary/aromatic N) is 2. The molecule has 24 heavy (non-hydrogen) atoms. The van der Waals surface area contributed by atoms with E-state index in [9.17, 15) is 4.79 Å². The normalized spacial score (nSPS) is 11.0. The van der Waals surface area contributed by atoms with E-state index in [1.165, 1.54) is 7.11 Å². The fraction of sp³-hybridized carbons (Fsp3) is 0.333. The highest BCUT2D eigenvalue weighted by Crippen LogP contribution is 2.39. The van der Waals surface area contributed by atoms with E-state index < -0.39 is 5.97 Å². The quantitative estimate of drug-likeness (QED) is 0.689. The van der Waals surface area contributed by atoms with E-state index in [4.69, 9.17) is 14.2 Å². The van der Waals surface area contributed by atoms with Gasteiger partial charge in [-0.3, -0.25) is 0 Å². The number of carbonyl (C=O) groups is 1. The summed E-state index contributed by atoms with van der Waals surface area (Å²) in [5.41, 5.74) is 3.16. The van der Waals surface area contributed by atoms with Gasteiger partial charge in [-0.25, -0.2) is 9.78 Å². The van der Waals surface area contributed by atoms with E-state index in [0.717, 1.165) is 27.4 Å². The molecule has 0 aliphatic carbocycles. The number of aromatic nitrogens is 2. The Labute approximate surface area is 139 Å². The molecule has 0 saturated carbocycles. The highest BCUT2D eigenvalue weighted by atomic mass is 16.5. The van der Waals surface area contributed by atoms with Crippen molar-refractivity contribution in [3.05, 3.63) is 29.6 Å². The van der Waals surface area contributed by atoms with Gasteiger partial charge in [-0.15, -0.1) is 0 Å². The molecule has 0 atom stereocenters. The molecular weight excluding hydrogens is 308 g/mol. The second kappa shape index (κ2) is 6.03. The van der Waals surface area contributed by atoms with Gasteiger partial charge in [-0.1, -0.05) is 6.92 Å². The summed E-state index contributed by atoms with van der Waals surface area (Å²) in [6.45, 7) is 2.00. The highest BCUT2D eigenvalue weighted by Gasteiger charge is 2.21.